The SMILES string of the molecule is CCOc1ccc(C=O)c(Cl)c1F. The molecule has 0 aromatic heterocycles. The predicted octanol–water partition coefficient (Wildman–Crippen LogP) is 2.69. The van der Waals surface area contributed by atoms with Gasteiger partial charge < -0.3 is 4.74 Å². The summed E-state index contributed by atoms with van der Waals surface area (Å²) in [5.74, 6) is -0.619. The number of hydrogen-bond acceptors (Lipinski definition) is 2. The second-order valence-corrected chi connectivity index (χ2v) is 2.71. The van der Waals surface area contributed by atoms with Crippen LogP contribution in [0.3, 0.4) is 0 Å². The molecule has 13 heavy (non-hydrogen) atoms. The summed E-state index contributed by atoms with van der Waals surface area (Å²) in [4.78, 5) is 10.4. The van der Waals surface area contributed by atoms with E-state index in [0.717, 1.165) is 0 Å². The van der Waals surface area contributed by atoms with E-state index >= 15 is 0 Å². The van der Waals surface area contributed by atoms with Gasteiger partial charge >= 0.3 is 0 Å². The molecular weight excluding hydrogens is 195 g/mol. The molecule has 0 unspecified atom stereocenters. The molecule has 0 aliphatic rings. The van der Waals surface area contributed by atoms with E-state index in [2.05, 4.69) is 0 Å². The number of ether oxygens (including phenoxy) is 1. The molecule has 0 aliphatic carbocycles. The van der Waals surface area contributed by atoms with Gasteiger partial charge in [-0.15, -0.1) is 0 Å². The van der Waals surface area contributed by atoms with Crippen molar-refractivity contribution in [3.63, 3.8) is 0 Å². The van der Waals surface area contributed by atoms with Crippen LogP contribution >= 0.6 is 11.6 Å². The first-order chi connectivity index (χ1) is 6.20. The molecule has 0 spiro atoms. The summed E-state index contributed by atoms with van der Waals surface area (Å²) in [6.45, 7) is 2.09. The minimum Gasteiger partial charge on any atom is -0.491 e. The quantitative estimate of drug-likeness (QED) is 0.705. The number of carbonyl (C=O) groups is 1. The fourth-order valence-corrected chi connectivity index (χ4v) is 1.11. The number of rotatable bonds is 3. The van der Waals surface area contributed by atoms with Crippen molar-refractivity contribution in [1.82, 2.24) is 0 Å². The average molecular weight is 203 g/mol. The third kappa shape index (κ3) is 1.98. The van der Waals surface area contributed by atoms with Crippen molar-refractivity contribution in [2.75, 3.05) is 6.61 Å². The van der Waals surface area contributed by atoms with E-state index < -0.39 is 5.82 Å². The zero-order valence-electron chi connectivity index (χ0n) is 7.01. The topological polar surface area (TPSA) is 26.3 Å². The van der Waals surface area contributed by atoms with Gasteiger partial charge in [0, 0.05) is 5.56 Å². The van der Waals surface area contributed by atoms with Crippen LogP contribution < -0.4 is 4.74 Å². The molecule has 0 saturated heterocycles. The Labute approximate surface area is 80.3 Å². The molecule has 1 rings (SSSR count). The fraction of sp³-hybridized carbons (Fsp3) is 0.222. The molecule has 1 aromatic rings. The number of halogens is 2. The zero-order valence-corrected chi connectivity index (χ0v) is 7.77. The standard InChI is InChI=1S/C9H8ClFO2/c1-2-13-7-4-3-6(5-12)8(10)9(7)11/h3-5H,2H2,1H3. The van der Waals surface area contributed by atoms with Gasteiger partial charge in [-0.05, 0) is 19.1 Å². The summed E-state index contributed by atoms with van der Waals surface area (Å²) in [5, 5.41) is -0.194. The van der Waals surface area contributed by atoms with E-state index in [-0.39, 0.29) is 16.3 Å². The maximum absolute atomic E-state index is 13.2. The van der Waals surface area contributed by atoms with Gasteiger partial charge in [0.15, 0.2) is 17.9 Å². The van der Waals surface area contributed by atoms with Crippen LogP contribution in [-0.2, 0) is 0 Å². The highest BCUT2D eigenvalue weighted by molar-refractivity contribution is 6.33. The van der Waals surface area contributed by atoms with Crippen LogP contribution in [0.25, 0.3) is 0 Å². The first-order valence-electron chi connectivity index (χ1n) is 3.76. The highest BCUT2D eigenvalue weighted by Crippen LogP contribution is 2.27. The van der Waals surface area contributed by atoms with Crippen molar-refractivity contribution in [2.24, 2.45) is 0 Å². The Morgan fingerprint density at radius 1 is 1.62 bits per heavy atom. The molecule has 0 heterocycles. The monoisotopic (exact) mass is 202 g/mol. The summed E-state index contributed by atoms with van der Waals surface area (Å²) in [6, 6.07) is 2.80. The van der Waals surface area contributed by atoms with Crippen molar-refractivity contribution in [3.05, 3.63) is 28.5 Å². The lowest BCUT2D eigenvalue weighted by molar-refractivity contribution is 0.112. The molecule has 0 atom stereocenters. The maximum Gasteiger partial charge on any atom is 0.184 e. The largest absolute Gasteiger partial charge is 0.491 e. The maximum atomic E-state index is 13.2. The zero-order chi connectivity index (χ0) is 9.84. The van der Waals surface area contributed by atoms with Crippen molar-refractivity contribution >= 4 is 17.9 Å². The molecule has 2 nitrogen and oxygen atoms in total. The van der Waals surface area contributed by atoms with E-state index in [4.69, 9.17) is 16.3 Å². The Balaban J connectivity index is 3.14. The van der Waals surface area contributed by atoms with Crippen LogP contribution in [0.4, 0.5) is 4.39 Å². The summed E-state index contributed by atoms with van der Waals surface area (Å²) < 4.78 is 18.2. The fourth-order valence-electron chi connectivity index (χ4n) is 0.905. The number of carbonyl (C=O) groups excluding carboxylic acids is 1. The first kappa shape index (κ1) is 9.99. The summed E-state index contributed by atoms with van der Waals surface area (Å²) in [5.41, 5.74) is 0.127. The Bertz CT molecular complexity index is 326. The Morgan fingerprint density at radius 2 is 2.31 bits per heavy atom. The average Bonchev–Trinajstić information content (AvgIpc) is 2.14. The van der Waals surface area contributed by atoms with Gasteiger partial charge in [0.2, 0.25) is 0 Å². The molecule has 70 valence electrons. The molecule has 0 fully saturated rings. The van der Waals surface area contributed by atoms with E-state index in [0.29, 0.717) is 12.9 Å². The highest BCUT2D eigenvalue weighted by atomic mass is 35.5. The van der Waals surface area contributed by atoms with Gasteiger partial charge in [0.25, 0.3) is 0 Å². The molecule has 0 N–H and O–H groups in total. The molecule has 0 amide bonds. The van der Waals surface area contributed by atoms with Crippen LogP contribution in [-0.4, -0.2) is 12.9 Å². The number of benzene rings is 1. The van der Waals surface area contributed by atoms with E-state index in [9.17, 15) is 9.18 Å². The second-order valence-electron chi connectivity index (χ2n) is 2.33. The van der Waals surface area contributed by atoms with Crippen molar-refractivity contribution in [1.29, 1.82) is 0 Å². The van der Waals surface area contributed by atoms with Gasteiger partial charge in [0.1, 0.15) is 0 Å². The molecule has 4 heteroatoms. The molecular formula is C9H8ClFO2. The molecule has 1 aromatic carbocycles. The van der Waals surface area contributed by atoms with Gasteiger partial charge in [-0.25, -0.2) is 4.39 Å². The van der Waals surface area contributed by atoms with Gasteiger partial charge in [-0.2, -0.15) is 0 Å². The van der Waals surface area contributed by atoms with Crippen LogP contribution in [0, 0.1) is 5.82 Å². The lowest BCUT2D eigenvalue weighted by Crippen LogP contribution is -1.96. The smallest absolute Gasteiger partial charge is 0.184 e. The lowest BCUT2D eigenvalue weighted by Gasteiger charge is -2.06. The van der Waals surface area contributed by atoms with Crippen molar-refractivity contribution < 1.29 is 13.9 Å². The molecule has 0 saturated carbocycles. The predicted molar refractivity (Wildman–Crippen MR) is 48.0 cm³/mol. The van der Waals surface area contributed by atoms with Crippen molar-refractivity contribution in [3.8, 4) is 5.75 Å². The molecule has 0 aliphatic heterocycles. The van der Waals surface area contributed by atoms with E-state index in [1.165, 1.54) is 12.1 Å². The Kier molecular flexibility index (Phi) is 3.25. The number of aldehydes is 1. The first-order valence-corrected chi connectivity index (χ1v) is 4.14. The third-order valence-corrected chi connectivity index (χ3v) is 1.89. The van der Waals surface area contributed by atoms with Gasteiger partial charge in [0.05, 0.1) is 11.6 Å². The van der Waals surface area contributed by atoms with Crippen molar-refractivity contribution in [2.45, 2.75) is 6.92 Å². The van der Waals surface area contributed by atoms with Crippen LogP contribution in [0.15, 0.2) is 12.1 Å². The molecule has 0 radical (unpaired) electrons. The molecule has 0 bridgehead atoms. The summed E-state index contributed by atoms with van der Waals surface area (Å²) in [7, 11) is 0. The highest BCUT2D eigenvalue weighted by Gasteiger charge is 2.11. The van der Waals surface area contributed by atoms with Crippen LogP contribution in [0.2, 0.25) is 5.02 Å². The Hall–Kier alpha value is -1.09. The summed E-state index contributed by atoms with van der Waals surface area (Å²) >= 11 is 5.55. The van der Waals surface area contributed by atoms with E-state index in [1.54, 1.807) is 6.92 Å². The lowest BCUT2D eigenvalue weighted by atomic mass is 10.2. The summed E-state index contributed by atoms with van der Waals surface area (Å²) in [6.07, 6.45) is 0.501. The van der Waals surface area contributed by atoms with Crippen LogP contribution in [0.5, 0.6) is 5.75 Å². The van der Waals surface area contributed by atoms with E-state index in [1.807, 2.05) is 0 Å². The minimum atomic E-state index is -0.687. The number of hydrogen-bond donors (Lipinski definition) is 0. The third-order valence-electron chi connectivity index (χ3n) is 1.50. The second kappa shape index (κ2) is 4.23. The Morgan fingerprint density at radius 3 is 2.85 bits per heavy atom. The van der Waals surface area contributed by atoms with Gasteiger partial charge in [-0.1, -0.05) is 11.6 Å². The minimum absolute atomic E-state index is 0.0677. The van der Waals surface area contributed by atoms with Crippen LogP contribution in [0.1, 0.15) is 17.3 Å². The normalized spacial score (nSPS) is 9.77. The van der Waals surface area contributed by atoms with Gasteiger partial charge in [-0.3, -0.25) is 4.79 Å².